The lowest BCUT2D eigenvalue weighted by molar-refractivity contribution is 0.0326. The predicted octanol–water partition coefficient (Wildman–Crippen LogP) is 2.30. The number of ether oxygens (including phenoxy) is 3. The summed E-state index contributed by atoms with van der Waals surface area (Å²) >= 11 is 0. The number of benzene rings is 1. The molecule has 3 N–H and O–H groups in total. The maximum absolute atomic E-state index is 14.5. The molecular formula is C19H20F3N5O4. The molecule has 0 radical (unpaired) electrons. The van der Waals surface area contributed by atoms with Crippen LogP contribution in [0.25, 0.3) is 0 Å². The van der Waals surface area contributed by atoms with Gasteiger partial charge in [0.1, 0.15) is 18.2 Å². The normalized spacial score (nSPS) is 20.9. The van der Waals surface area contributed by atoms with Crippen LogP contribution in [0.1, 0.15) is 28.5 Å². The Morgan fingerprint density at radius 2 is 2.13 bits per heavy atom. The lowest BCUT2D eigenvalue weighted by Gasteiger charge is -2.15. The number of anilines is 1. The third-order valence-electron chi connectivity index (χ3n) is 4.26. The first-order valence-corrected chi connectivity index (χ1v) is 9.25. The maximum atomic E-state index is 14.5. The first-order chi connectivity index (χ1) is 15.0. The predicted molar refractivity (Wildman–Crippen MR) is 104 cm³/mol. The minimum Gasteiger partial charge on any atom is -0.457 e. The zero-order chi connectivity index (χ0) is 22.2. The molecule has 1 aliphatic rings. The van der Waals surface area contributed by atoms with Crippen LogP contribution in [0.5, 0.6) is 5.88 Å². The van der Waals surface area contributed by atoms with Gasteiger partial charge in [0.25, 0.3) is 11.9 Å². The molecule has 0 saturated carbocycles. The second-order valence-electron chi connectivity index (χ2n) is 6.42. The SMILES string of the molecule is N/C1=N/[C@@H](c2cc(NC(=O)c3cnc(OCF)cn3)ccc2F)CCOC[C@@H](CF)O1. The Kier molecular flexibility index (Phi) is 7.60. The third-order valence-corrected chi connectivity index (χ3v) is 4.26. The van der Waals surface area contributed by atoms with E-state index in [1.54, 1.807) is 0 Å². The monoisotopic (exact) mass is 439 g/mol. The number of halogens is 3. The molecule has 31 heavy (non-hydrogen) atoms. The van der Waals surface area contributed by atoms with E-state index in [9.17, 15) is 18.0 Å². The van der Waals surface area contributed by atoms with Crippen molar-refractivity contribution in [2.75, 3.05) is 32.1 Å². The molecule has 2 aromatic rings. The number of amidine groups is 1. The lowest BCUT2D eigenvalue weighted by Crippen LogP contribution is -2.29. The summed E-state index contributed by atoms with van der Waals surface area (Å²) < 4.78 is 54.6. The van der Waals surface area contributed by atoms with Crippen molar-refractivity contribution in [3.63, 3.8) is 0 Å². The molecule has 0 saturated heterocycles. The fourth-order valence-corrected chi connectivity index (χ4v) is 2.80. The van der Waals surface area contributed by atoms with Crippen molar-refractivity contribution in [2.24, 2.45) is 10.7 Å². The molecule has 1 aliphatic heterocycles. The highest BCUT2D eigenvalue weighted by Gasteiger charge is 2.21. The Morgan fingerprint density at radius 3 is 2.84 bits per heavy atom. The number of aliphatic imine (C=N–C) groups is 1. The number of aromatic nitrogens is 2. The number of nitrogens with zero attached hydrogens (tertiary/aromatic N) is 3. The van der Waals surface area contributed by atoms with Gasteiger partial charge in [-0.05, 0) is 24.6 Å². The van der Waals surface area contributed by atoms with Gasteiger partial charge in [0.15, 0.2) is 6.10 Å². The Morgan fingerprint density at radius 1 is 1.29 bits per heavy atom. The molecule has 0 aliphatic carbocycles. The van der Waals surface area contributed by atoms with E-state index < -0.39 is 37.4 Å². The van der Waals surface area contributed by atoms with Crippen molar-refractivity contribution in [2.45, 2.75) is 18.6 Å². The van der Waals surface area contributed by atoms with E-state index in [-0.39, 0.29) is 48.5 Å². The van der Waals surface area contributed by atoms with Crippen molar-refractivity contribution < 1.29 is 32.2 Å². The zero-order valence-corrected chi connectivity index (χ0v) is 16.3. The van der Waals surface area contributed by atoms with E-state index in [1.165, 1.54) is 18.2 Å². The van der Waals surface area contributed by atoms with Gasteiger partial charge in [-0.25, -0.2) is 28.1 Å². The second kappa shape index (κ2) is 10.6. The van der Waals surface area contributed by atoms with Gasteiger partial charge in [-0.2, -0.15) is 0 Å². The summed E-state index contributed by atoms with van der Waals surface area (Å²) in [6.07, 6.45) is 1.59. The Balaban J connectivity index is 1.78. The molecule has 0 spiro atoms. The maximum Gasteiger partial charge on any atom is 0.282 e. The number of nitrogens with one attached hydrogen (secondary N) is 1. The lowest BCUT2D eigenvalue weighted by atomic mass is 10.0. The van der Waals surface area contributed by atoms with Crippen LogP contribution in [0, 0.1) is 5.82 Å². The van der Waals surface area contributed by atoms with Crippen LogP contribution in [0.15, 0.2) is 35.6 Å². The van der Waals surface area contributed by atoms with Crippen LogP contribution in [0.4, 0.5) is 18.9 Å². The van der Waals surface area contributed by atoms with Crippen LogP contribution in [-0.4, -0.2) is 54.7 Å². The first kappa shape index (κ1) is 22.3. The summed E-state index contributed by atoms with van der Waals surface area (Å²) in [6.45, 7) is -1.70. The van der Waals surface area contributed by atoms with Gasteiger partial charge in [0, 0.05) is 17.9 Å². The molecule has 12 heteroatoms. The quantitative estimate of drug-likeness (QED) is 0.708. The highest BCUT2D eigenvalue weighted by Crippen LogP contribution is 2.28. The van der Waals surface area contributed by atoms with E-state index >= 15 is 0 Å². The van der Waals surface area contributed by atoms with Gasteiger partial charge in [0.05, 0.1) is 25.0 Å². The van der Waals surface area contributed by atoms with Crippen molar-refractivity contribution in [1.82, 2.24) is 9.97 Å². The topological polar surface area (TPSA) is 121 Å². The van der Waals surface area contributed by atoms with Gasteiger partial charge in [0.2, 0.25) is 12.7 Å². The van der Waals surface area contributed by atoms with Gasteiger partial charge >= 0.3 is 0 Å². The van der Waals surface area contributed by atoms with Crippen LogP contribution in [0.3, 0.4) is 0 Å². The number of hydrogen-bond acceptors (Lipinski definition) is 8. The molecular weight excluding hydrogens is 419 g/mol. The van der Waals surface area contributed by atoms with Crippen LogP contribution in [0.2, 0.25) is 0 Å². The van der Waals surface area contributed by atoms with Crippen molar-refractivity contribution >= 4 is 17.6 Å². The molecule has 1 amide bonds. The van der Waals surface area contributed by atoms with E-state index in [0.29, 0.717) is 0 Å². The standard InChI is InChI=1S/C19H20F3N5O4/c20-6-12-9-29-4-3-15(27-19(23)31-12)13-5-11(1-2-14(13)22)26-18(28)16-7-25-17(8-24-16)30-10-21/h1-2,5,7-8,12,15H,3-4,6,9-10H2,(H2,23,27)(H,26,28)/t12-,15-/m1/s1. The van der Waals surface area contributed by atoms with E-state index in [0.717, 1.165) is 12.4 Å². The number of hydrogen-bond donors (Lipinski definition) is 2. The minimum atomic E-state index is -1.07. The number of rotatable bonds is 6. The molecule has 166 valence electrons. The molecule has 3 rings (SSSR count). The summed E-state index contributed by atoms with van der Waals surface area (Å²) in [5, 5.41) is 2.57. The molecule has 2 atom stereocenters. The largest absolute Gasteiger partial charge is 0.457 e. The number of alkyl halides is 2. The molecule has 9 nitrogen and oxygen atoms in total. The van der Waals surface area contributed by atoms with Crippen molar-refractivity contribution in [3.8, 4) is 5.88 Å². The zero-order valence-electron chi connectivity index (χ0n) is 16.3. The molecule has 2 heterocycles. The molecule has 0 unspecified atom stereocenters. The van der Waals surface area contributed by atoms with Gasteiger partial charge < -0.3 is 25.3 Å². The van der Waals surface area contributed by atoms with E-state index in [4.69, 9.17) is 15.2 Å². The van der Waals surface area contributed by atoms with Crippen LogP contribution >= 0.6 is 0 Å². The van der Waals surface area contributed by atoms with E-state index in [2.05, 4.69) is 25.0 Å². The average Bonchev–Trinajstić information content (AvgIpc) is 2.85. The highest BCUT2D eigenvalue weighted by molar-refractivity contribution is 6.02. The van der Waals surface area contributed by atoms with Crippen molar-refractivity contribution in [1.29, 1.82) is 0 Å². The fraction of sp³-hybridized carbons (Fsp3) is 0.368. The van der Waals surface area contributed by atoms with Gasteiger partial charge in [-0.3, -0.25) is 4.79 Å². The Labute approximate surface area is 175 Å². The average molecular weight is 439 g/mol. The fourth-order valence-electron chi connectivity index (χ4n) is 2.80. The van der Waals surface area contributed by atoms with Crippen molar-refractivity contribution in [3.05, 3.63) is 47.7 Å². The number of nitrogens with two attached hydrogens (primary N) is 1. The molecule has 0 bridgehead atoms. The first-order valence-electron chi connectivity index (χ1n) is 9.25. The second-order valence-corrected chi connectivity index (χ2v) is 6.42. The van der Waals surface area contributed by atoms with Gasteiger partial charge in [-0.15, -0.1) is 0 Å². The summed E-state index contributed by atoms with van der Waals surface area (Å²) in [5.74, 6) is -1.27. The molecule has 0 fully saturated rings. The number of carbonyl (C=O) groups is 1. The summed E-state index contributed by atoms with van der Waals surface area (Å²) in [7, 11) is 0. The Bertz CT molecular complexity index is 929. The highest BCUT2D eigenvalue weighted by atomic mass is 19.1. The molecule has 1 aromatic carbocycles. The number of amides is 1. The third kappa shape index (κ3) is 6.04. The summed E-state index contributed by atoms with van der Waals surface area (Å²) in [4.78, 5) is 24.1. The summed E-state index contributed by atoms with van der Waals surface area (Å²) in [6, 6.07) is 2.87. The Hall–Kier alpha value is -3.41. The van der Waals surface area contributed by atoms with Gasteiger partial charge in [-0.1, -0.05) is 0 Å². The van der Waals surface area contributed by atoms with E-state index in [1.807, 2.05) is 0 Å². The number of carbonyl (C=O) groups excluding carboxylic acids is 1. The van der Waals surface area contributed by atoms with Crippen LogP contribution < -0.4 is 15.8 Å². The smallest absolute Gasteiger partial charge is 0.282 e. The minimum absolute atomic E-state index is 0.00574. The summed E-state index contributed by atoms with van der Waals surface area (Å²) in [5.41, 5.74) is 6.07. The van der Waals surface area contributed by atoms with Crippen LogP contribution in [-0.2, 0) is 9.47 Å². The molecule has 1 aromatic heterocycles.